The van der Waals surface area contributed by atoms with E-state index in [4.69, 9.17) is 4.74 Å². The molecule has 3 heterocycles. The highest BCUT2D eigenvalue weighted by molar-refractivity contribution is 5.97. The molecule has 1 saturated carbocycles. The van der Waals surface area contributed by atoms with Gasteiger partial charge in [0.25, 0.3) is 5.91 Å². The molecule has 0 bridgehead atoms. The fourth-order valence-electron chi connectivity index (χ4n) is 7.95. The Bertz CT molecular complexity index is 997. The topological polar surface area (TPSA) is 73.3 Å². The smallest absolute Gasteiger partial charge is 0.410 e. The summed E-state index contributed by atoms with van der Waals surface area (Å²) in [6.45, 7) is 10.4. The van der Waals surface area contributed by atoms with Crippen molar-refractivity contribution in [2.45, 2.75) is 116 Å². The molecule has 1 aromatic rings. The van der Waals surface area contributed by atoms with Gasteiger partial charge in [-0.1, -0.05) is 39.0 Å². The zero-order chi connectivity index (χ0) is 27.6. The Morgan fingerprint density at radius 3 is 2.26 bits per heavy atom. The van der Waals surface area contributed by atoms with Crippen molar-refractivity contribution in [1.29, 1.82) is 0 Å². The number of carbonyl (C=O) groups is 2. The number of rotatable bonds is 7. The number of unbranched alkanes of at least 4 members (excludes halogenated alkanes) is 1. The van der Waals surface area contributed by atoms with Gasteiger partial charge in [-0.2, -0.15) is 0 Å². The molecule has 1 spiro atoms. The quantitative estimate of drug-likeness (QED) is 0.457. The van der Waals surface area contributed by atoms with Crippen LogP contribution < -0.4 is 0 Å². The van der Waals surface area contributed by atoms with Gasteiger partial charge in [-0.05, 0) is 75.1 Å². The first-order valence-electron chi connectivity index (χ1n) is 15.6. The van der Waals surface area contributed by atoms with E-state index >= 15 is 0 Å². The van der Waals surface area contributed by atoms with Crippen molar-refractivity contribution in [3.63, 3.8) is 0 Å². The summed E-state index contributed by atoms with van der Waals surface area (Å²) in [5.74, 6) is 0.925. The Morgan fingerprint density at radius 2 is 1.64 bits per heavy atom. The molecule has 1 N–H and O–H groups in total. The van der Waals surface area contributed by atoms with Gasteiger partial charge in [-0.3, -0.25) is 9.69 Å². The van der Waals surface area contributed by atoms with Gasteiger partial charge >= 0.3 is 6.09 Å². The van der Waals surface area contributed by atoms with Crippen LogP contribution in [0.3, 0.4) is 0 Å². The van der Waals surface area contributed by atoms with E-state index in [0.717, 1.165) is 94.4 Å². The van der Waals surface area contributed by atoms with Gasteiger partial charge in [0.15, 0.2) is 0 Å². The molecule has 4 aliphatic rings. The summed E-state index contributed by atoms with van der Waals surface area (Å²) in [7, 11) is 0. The maximum Gasteiger partial charge on any atom is 0.410 e. The molecule has 4 fully saturated rings. The number of nitrogens with zero attached hydrogens (tertiary/aromatic N) is 3. The zero-order valence-corrected chi connectivity index (χ0v) is 24.4. The highest BCUT2D eigenvalue weighted by atomic mass is 16.6. The van der Waals surface area contributed by atoms with Crippen LogP contribution in [0.15, 0.2) is 12.1 Å². The lowest BCUT2D eigenvalue weighted by molar-refractivity contribution is -0.0385. The van der Waals surface area contributed by atoms with Gasteiger partial charge in [0.05, 0.1) is 6.04 Å². The van der Waals surface area contributed by atoms with E-state index in [-0.39, 0.29) is 29.4 Å². The SMILES string of the molecule is CCCCC1N(CC2CCCCC2)C(=O)OC12CCN(C1CCN(C(=O)c3c(C)cc(O)cc3C)CC1)CC2. The van der Waals surface area contributed by atoms with Gasteiger partial charge in [0.2, 0.25) is 0 Å². The second-order valence-electron chi connectivity index (χ2n) is 12.8. The second-order valence-corrected chi connectivity index (χ2v) is 12.8. The number of hydrogen-bond donors (Lipinski definition) is 1. The lowest BCUT2D eigenvalue weighted by Crippen LogP contribution is -2.56. The number of hydrogen-bond acceptors (Lipinski definition) is 5. The van der Waals surface area contributed by atoms with Crippen LogP contribution in [0.4, 0.5) is 4.79 Å². The minimum atomic E-state index is -0.331. The van der Waals surface area contributed by atoms with E-state index in [0.29, 0.717) is 12.0 Å². The zero-order valence-electron chi connectivity index (χ0n) is 24.4. The molecule has 7 nitrogen and oxygen atoms in total. The predicted molar refractivity (Wildman–Crippen MR) is 153 cm³/mol. The molecule has 0 aromatic heterocycles. The third-order valence-corrected chi connectivity index (χ3v) is 10.2. The van der Waals surface area contributed by atoms with E-state index in [9.17, 15) is 14.7 Å². The first kappa shape index (κ1) is 28.3. The lowest BCUT2D eigenvalue weighted by Gasteiger charge is -2.46. The van der Waals surface area contributed by atoms with E-state index in [1.54, 1.807) is 12.1 Å². The summed E-state index contributed by atoms with van der Waals surface area (Å²) in [6.07, 6.45) is 13.5. The minimum absolute atomic E-state index is 0.0678. The Balaban J connectivity index is 1.18. The summed E-state index contributed by atoms with van der Waals surface area (Å²) < 4.78 is 6.31. The number of ether oxygens (including phenoxy) is 1. The maximum absolute atomic E-state index is 13.3. The van der Waals surface area contributed by atoms with Crippen molar-refractivity contribution >= 4 is 12.0 Å². The molecule has 1 aromatic carbocycles. The second kappa shape index (κ2) is 12.1. The molecular formula is C32H49N3O4. The molecule has 3 saturated heterocycles. The van der Waals surface area contributed by atoms with Gasteiger partial charge in [0.1, 0.15) is 11.4 Å². The van der Waals surface area contributed by atoms with E-state index in [2.05, 4.69) is 16.7 Å². The van der Waals surface area contributed by atoms with Gasteiger partial charge in [-0.15, -0.1) is 0 Å². The number of benzene rings is 1. The molecular weight excluding hydrogens is 490 g/mol. The van der Waals surface area contributed by atoms with Crippen molar-refractivity contribution in [1.82, 2.24) is 14.7 Å². The Labute approximate surface area is 234 Å². The molecule has 216 valence electrons. The van der Waals surface area contributed by atoms with Crippen molar-refractivity contribution in [2.75, 3.05) is 32.7 Å². The number of phenols is 1. The van der Waals surface area contributed by atoms with Crippen LogP contribution in [-0.2, 0) is 4.74 Å². The van der Waals surface area contributed by atoms with Crippen molar-refractivity contribution in [3.05, 3.63) is 28.8 Å². The highest BCUT2D eigenvalue weighted by Gasteiger charge is 2.55. The number of amides is 2. The number of aromatic hydroxyl groups is 1. The van der Waals surface area contributed by atoms with Gasteiger partial charge in [-0.25, -0.2) is 4.79 Å². The Hall–Kier alpha value is -2.28. The average Bonchev–Trinajstić information content (AvgIpc) is 3.17. The number of piperidine rings is 2. The standard InChI is InChI=1S/C32H49N3O4/c1-4-5-11-28-32(39-31(38)35(28)22-25-9-7-6-8-10-25)14-18-33(19-15-32)26-12-16-34(17-13-26)30(37)29-23(2)20-27(36)21-24(29)3/h20-21,25-26,28,36H,4-19,22H2,1-3H3. The molecule has 1 atom stereocenters. The van der Waals surface area contributed by atoms with Gasteiger partial charge < -0.3 is 19.6 Å². The summed E-state index contributed by atoms with van der Waals surface area (Å²) in [5.41, 5.74) is 2.07. The van der Waals surface area contributed by atoms with Crippen molar-refractivity contribution < 1.29 is 19.4 Å². The molecule has 2 amide bonds. The van der Waals surface area contributed by atoms with Crippen LogP contribution in [0.1, 0.15) is 105 Å². The summed E-state index contributed by atoms with van der Waals surface area (Å²) >= 11 is 0. The Morgan fingerprint density at radius 1 is 1.00 bits per heavy atom. The molecule has 39 heavy (non-hydrogen) atoms. The molecule has 3 aliphatic heterocycles. The van der Waals surface area contributed by atoms with E-state index in [1.807, 2.05) is 18.7 Å². The van der Waals surface area contributed by atoms with Gasteiger partial charge in [0, 0.05) is 57.2 Å². The Kier molecular flexibility index (Phi) is 8.75. The van der Waals surface area contributed by atoms with Crippen LogP contribution in [0.5, 0.6) is 5.75 Å². The number of aryl methyl sites for hydroxylation is 2. The fourth-order valence-corrected chi connectivity index (χ4v) is 7.95. The first-order valence-corrected chi connectivity index (χ1v) is 15.6. The average molecular weight is 540 g/mol. The number of phenolic OH excluding ortho intramolecular Hbond substituents is 1. The molecule has 5 rings (SSSR count). The number of carbonyl (C=O) groups excluding carboxylic acids is 2. The van der Waals surface area contributed by atoms with Crippen LogP contribution in [0.2, 0.25) is 0 Å². The van der Waals surface area contributed by atoms with Crippen LogP contribution in [0.25, 0.3) is 0 Å². The largest absolute Gasteiger partial charge is 0.508 e. The van der Waals surface area contributed by atoms with E-state index in [1.165, 1.54) is 32.1 Å². The molecule has 7 heteroatoms. The summed E-state index contributed by atoms with van der Waals surface area (Å²) in [6, 6.07) is 4.04. The van der Waals surface area contributed by atoms with Crippen molar-refractivity contribution in [3.8, 4) is 5.75 Å². The lowest BCUT2D eigenvalue weighted by atomic mass is 9.80. The third-order valence-electron chi connectivity index (χ3n) is 10.2. The fraction of sp³-hybridized carbons (Fsp3) is 0.750. The minimum Gasteiger partial charge on any atom is -0.508 e. The van der Waals surface area contributed by atoms with Crippen LogP contribution in [0, 0.1) is 19.8 Å². The molecule has 1 unspecified atom stereocenters. The summed E-state index contributed by atoms with van der Waals surface area (Å²) in [4.78, 5) is 33.2. The highest BCUT2D eigenvalue weighted by Crippen LogP contribution is 2.43. The summed E-state index contributed by atoms with van der Waals surface area (Å²) in [5, 5.41) is 9.87. The normalized spacial score (nSPS) is 24.9. The van der Waals surface area contributed by atoms with Crippen molar-refractivity contribution in [2.24, 2.45) is 5.92 Å². The third kappa shape index (κ3) is 5.94. The maximum atomic E-state index is 13.3. The first-order chi connectivity index (χ1) is 18.8. The molecule has 1 aliphatic carbocycles. The molecule has 0 radical (unpaired) electrons. The monoisotopic (exact) mass is 539 g/mol. The predicted octanol–water partition coefficient (Wildman–Crippen LogP) is 6.04. The van der Waals surface area contributed by atoms with Crippen LogP contribution in [-0.4, -0.2) is 82.2 Å². The number of likely N-dealkylation sites (tertiary alicyclic amines) is 2. The van der Waals surface area contributed by atoms with Crippen LogP contribution >= 0.6 is 0 Å². The van der Waals surface area contributed by atoms with E-state index < -0.39 is 0 Å².